The second kappa shape index (κ2) is 2.87. The Morgan fingerprint density at radius 3 is 2.77 bits per heavy atom. The van der Waals surface area contributed by atoms with Crippen LogP contribution in [-0.2, 0) is 6.42 Å². The molecule has 0 atom stereocenters. The van der Waals surface area contributed by atoms with Crippen LogP contribution in [0.25, 0.3) is 10.9 Å². The summed E-state index contributed by atoms with van der Waals surface area (Å²) in [6.07, 6.45) is 3.03. The van der Waals surface area contributed by atoms with Crippen molar-refractivity contribution in [2.75, 3.05) is 0 Å². The second-order valence-corrected chi connectivity index (χ2v) is 3.38. The highest BCUT2D eigenvalue weighted by Gasteiger charge is 2.07. The molecule has 0 aromatic carbocycles. The zero-order valence-electron chi connectivity index (χ0n) is 8.31. The minimum Gasteiger partial charge on any atom is -0.360 e. The van der Waals surface area contributed by atoms with Crippen LogP contribution < -0.4 is 0 Å². The number of fused-ring (bicyclic) bond motifs is 1. The van der Waals surface area contributed by atoms with Gasteiger partial charge in [0, 0.05) is 17.3 Å². The summed E-state index contributed by atoms with van der Waals surface area (Å²) in [5, 5.41) is 1.33. The monoisotopic (exact) mass is 174 g/mol. The molecule has 0 aliphatic carbocycles. The van der Waals surface area contributed by atoms with Crippen LogP contribution in [0.15, 0.2) is 12.3 Å². The first-order valence-electron chi connectivity index (χ1n) is 4.67. The first-order chi connectivity index (χ1) is 6.24. The van der Waals surface area contributed by atoms with Crippen molar-refractivity contribution >= 4 is 10.9 Å². The Kier molecular flexibility index (Phi) is 1.83. The van der Waals surface area contributed by atoms with Crippen molar-refractivity contribution in [3.05, 3.63) is 29.2 Å². The van der Waals surface area contributed by atoms with E-state index in [9.17, 15) is 0 Å². The molecular weight excluding hydrogens is 160 g/mol. The molecule has 0 bridgehead atoms. The summed E-state index contributed by atoms with van der Waals surface area (Å²) in [5.74, 6) is 0. The summed E-state index contributed by atoms with van der Waals surface area (Å²) < 4.78 is 0. The minimum absolute atomic E-state index is 1.05. The molecule has 2 heteroatoms. The SMILES string of the molecule is CCc1c(C)nc(C)c2[nH]ccc12. The number of aromatic nitrogens is 2. The average Bonchev–Trinajstić information content (AvgIpc) is 2.53. The van der Waals surface area contributed by atoms with Gasteiger partial charge in [-0.3, -0.25) is 4.98 Å². The van der Waals surface area contributed by atoms with Crippen molar-refractivity contribution in [2.24, 2.45) is 0 Å². The molecule has 1 N–H and O–H groups in total. The highest BCUT2D eigenvalue weighted by atomic mass is 14.8. The van der Waals surface area contributed by atoms with Crippen LogP contribution in [0.3, 0.4) is 0 Å². The van der Waals surface area contributed by atoms with Crippen LogP contribution in [0, 0.1) is 13.8 Å². The zero-order valence-corrected chi connectivity index (χ0v) is 8.31. The lowest BCUT2D eigenvalue weighted by atomic mass is 10.1. The van der Waals surface area contributed by atoms with Gasteiger partial charge < -0.3 is 4.98 Å². The maximum Gasteiger partial charge on any atom is 0.0673 e. The van der Waals surface area contributed by atoms with Crippen LogP contribution in [0.1, 0.15) is 23.9 Å². The molecule has 13 heavy (non-hydrogen) atoms. The largest absolute Gasteiger partial charge is 0.360 e. The van der Waals surface area contributed by atoms with Gasteiger partial charge in [-0.05, 0) is 31.9 Å². The number of aromatic amines is 1. The second-order valence-electron chi connectivity index (χ2n) is 3.38. The van der Waals surface area contributed by atoms with E-state index in [-0.39, 0.29) is 0 Å². The number of nitrogens with one attached hydrogen (secondary N) is 1. The first-order valence-corrected chi connectivity index (χ1v) is 4.67. The highest BCUT2D eigenvalue weighted by Crippen LogP contribution is 2.22. The number of pyridine rings is 1. The number of hydrogen-bond acceptors (Lipinski definition) is 1. The van der Waals surface area contributed by atoms with E-state index in [0.717, 1.165) is 17.8 Å². The molecule has 0 amide bonds. The molecule has 2 aromatic rings. The third kappa shape index (κ3) is 1.13. The quantitative estimate of drug-likeness (QED) is 0.707. The van der Waals surface area contributed by atoms with E-state index >= 15 is 0 Å². The summed E-state index contributed by atoms with van der Waals surface area (Å²) in [6, 6.07) is 2.13. The lowest BCUT2D eigenvalue weighted by Crippen LogP contribution is -1.95. The van der Waals surface area contributed by atoms with Crippen LogP contribution in [0.2, 0.25) is 0 Å². The van der Waals surface area contributed by atoms with Gasteiger partial charge in [0.05, 0.1) is 11.2 Å². The van der Waals surface area contributed by atoms with Crippen molar-refractivity contribution in [3.8, 4) is 0 Å². The van der Waals surface area contributed by atoms with Gasteiger partial charge in [-0.15, -0.1) is 0 Å². The Labute approximate surface area is 78.0 Å². The van der Waals surface area contributed by atoms with Gasteiger partial charge in [-0.2, -0.15) is 0 Å². The summed E-state index contributed by atoms with van der Waals surface area (Å²) >= 11 is 0. The molecule has 0 saturated carbocycles. The van der Waals surface area contributed by atoms with Gasteiger partial charge in [0.1, 0.15) is 0 Å². The zero-order chi connectivity index (χ0) is 9.42. The summed E-state index contributed by atoms with van der Waals surface area (Å²) in [4.78, 5) is 7.74. The third-order valence-corrected chi connectivity index (χ3v) is 2.56. The Morgan fingerprint density at radius 1 is 1.31 bits per heavy atom. The fraction of sp³-hybridized carbons (Fsp3) is 0.364. The number of rotatable bonds is 1. The Balaban J connectivity index is 2.88. The van der Waals surface area contributed by atoms with Crippen LogP contribution in [0.5, 0.6) is 0 Å². The fourth-order valence-electron chi connectivity index (χ4n) is 1.94. The highest BCUT2D eigenvalue weighted by molar-refractivity contribution is 5.85. The standard InChI is InChI=1S/C11H14N2/c1-4-9-7(2)13-8(3)11-10(9)5-6-12-11/h5-6,12H,4H2,1-3H3. The Bertz CT molecular complexity index is 441. The first kappa shape index (κ1) is 8.30. The number of H-pyrrole nitrogens is 1. The van der Waals surface area contributed by atoms with Crippen molar-refractivity contribution in [1.29, 1.82) is 0 Å². The van der Waals surface area contributed by atoms with E-state index in [1.54, 1.807) is 0 Å². The minimum atomic E-state index is 1.05. The molecule has 2 aromatic heterocycles. The van der Waals surface area contributed by atoms with E-state index in [2.05, 4.69) is 29.9 Å². The molecule has 2 nitrogen and oxygen atoms in total. The molecule has 0 aliphatic rings. The average molecular weight is 174 g/mol. The van der Waals surface area contributed by atoms with Gasteiger partial charge >= 0.3 is 0 Å². The molecule has 2 heterocycles. The summed E-state index contributed by atoms with van der Waals surface area (Å²) in [7, 11) is 0. The predicted molar refractivity (Wildman–Crippen MR) is 54.9 cm³/mol. The molecule has 0 aliphatic heterocycles. The molecule has 0 unspecified atom stereocenters. The summed E-state index contributed by atoms with van der Waals surface area (Å²) in [6.45, 7) is 6.30. The fourth-order valence-corrected chi connectivity index (χ4v) is 1.94. The van der Waals surface area contributed by atoms with Crippen molar-refractivity contribution in [1.82, 2.24) is 9.97 Å². The van der Waals surface area contributed by atoms with Crippen molar-refractivity contribution in [2.45, 2.75) is 27.2 Å². The smallest absolute Gasteiger partial charge is 0.0673 e. The lowest BCUT2D eigenvalue weighted by molar-refractivity contribution is 1.04. The van der Waals surface area contributed by atoms with E-state index in [1.807, 2.05) is 13.1 Å². The normalized spacial score (nSPS) is 11.0. The van der Waals surface area contributed by atoms with Crippen LogP contribution in [0.4, 0.5) is 0 Å². The van der Waals surface area contributed by atoms with Crippen LogP contribution in [-0.4, -0.2) is 9.97 Å². The Morgan fingerprint density at radius 2 is 2.08 bits per heavy atom. The maximum absolute atomic E-state index is 4.51. The predicted octanol–water partition coefficient (Wildman–Crippen LogP) is 2.74. The molecular formula is C11H14N2. The van der Waals surface area contributed by atoms with Gasteiger partial charge in [-0.25, -0.2) is 0 Å². The van der Waals surface area contributed by atoms with E-state index in [1.165, 1.54) is 16.5 Å². The molecule has 0 fully saturated rings. The van der Waals surface area contributed by atoms with Gasteiger partial charge in [0.25, 0.3) is 0 Å². The molecule has 0 radical (unpaired) electrons. The third-order valence-electron chi connectivity index (χ3n) is 2.56. The van der Waals surface area contributed by atoms with Gasteiger partial charge in [0.15, 0.2) is 0 Å². The number of nitrogens with zero attached hydrogens (tertiary/aromatic N) is 1. The van der Waals surface area contributed by atoms with Crippen LogP contribution >= 0.6 is 0 Å². The Hall–Kier alpha value is -1.31. The van der Waals surface area contributed by atoms with E-state index < -0.39 is 0 Å². The van der Waals surface area contributed by atoms with E-state index in [0.29, 0.717) is 0 Å². The molecule has 68 valence electrons. The summed E-state index contributed by atoms with van der Waals surface area (Å²) in [5.41, 5.74) is 4.80. The maximum atomic E-state index is 4.51. The lowest BCUT2D eigenvalue weighted by Gasteiger charge is -2.06. The van der Waals surface area contributed by atoms with E-state index in [4.69, 9.17) is 0 Å². The molecule has 0 spiro atoms. The number of aryl methyl sites for hydroxylation is 3. The van der Waals surface area contributed by atoms with Crippen molar-refractivity contribution < 1.29 is 0 Å². The van der Waals surface area contributed by atoms with Gasteiger partial charge in [-0.1, -0.05) is 6.92 Å². The van der Waals surface area contributed by atoms with Gasteiger partial charge in [0.2, 0.25) is 0 Å². The number of hydrogen-bond donors (Lipinski definition) is 1. The molecule has 0 saturated heterocycles. The van der Waals surface area contributed by atoms with Crippen molar-refractivity contribution in [3.63, 3.8) is 0 Å². The topological polar surface area (TPSA) is 28.7 Å². The molecule has 2 rings (SSSR count).